The second kappa shape index (κ2) is 5.70. The smallest absolute Gasteiger partial charge is 0.239 e. The quantitative estimate of drug-likeness (QED) is 0.774. The maximum Gasteiger partial charge on any atom is 0.239 e. The number of rotatable bonds is 5. The summed E-state index contributed by atoms with van der Waals surface area (Å²) in [4.78, 5) is 0. The van der Waals surface area contributed by atoms with Crippen LogP contribution in [0.1, 0.15) is 17.5 Å². The van der Waals surface area contributed by atoms with Crippen molar-refractivity contribution in [3.05, 3.63) is 35.4 Å². The fourth-order valence-corrected chi connectivity index (χ4v) is 1.32. The molecule has 0 saturated heterocycles. The first-order valence-electron chi connectivity index (χ1n) is 4.78. The number of benzene rings is 1. The van der Waals surface area contributed by atoms with Crippen LogP contribution in [0, 0.1) is 0 Å². The van der Waals surface area contributed by atoms with E-state index in [0.29, 0.717) is 13.0 Å². The summed E-state index contributed by atoms with van der Waals surface area (Å²) in [5.41, 5.74) is 7.52. The van der Waals surface area contributed by atoms with E-state index in [-0.39, 0.29) is 6.42 Å². The highest BCUT2D eigenvalue weighted by molar-refractivity contribution is 5.22. The molecule has 0 atom stereocenters. The van der Waals surface area contributed by atoms with Gasteiger partial charge in [-0.3, -0.25) is 0 Å². The number of hydrogen-bond donors (Lipinski definition) is 1. The maximum atomic E-state index is 11.9. The van der Waals surface area contributed by atoms with E-state index >= 15 is 0 Å². The molecule has 0 unspecified atom stereocenters. The maximum absolute atomic E-state index is 11.9. The number of alkyl halides is 2. The third-order valence-electron chi connectivity index (χ3n) is 2.11. The lowest BCUT2D eigenvalue weighted by atomic mass is 10.1. The zero-order chi connectivity index (χ0) is 10.4. The first-order valence-corrected chi connectivity index (χ1v) is 4.78. The van der Waals surface area contributed by atoms with Crippen LogP contribution in [0.15, 0.2) is 24.3 Å². The monoisotopic (exact) mass is 199 g/mol. The summed E-state index contributed by atoms with van der Waals surface area (Å²) in [6.45, 7) is 0.621. The number of nitrogens with two attached hydrogens (primary N) is 1. The zero-order valence-electron chi connectivity index (χ0n) is 8.05. The van der Waals surface area contributed by atoms with Gasteiger partial charge in [-0.1, -0.05) is 24.3 Å². The molecule has 1 rings (SSSR count). The van der Waals surface area contributed by atoms with Gasteiger partial charge in [-0.2, -0.15) is 0 Å². The molecule has 0 radical (unpaired) electrons. The summed E-state index contributed by atoms with van der Waals surface area (Å²) in [5.74, 6) is 0. The average Bonchev–Trinajstić information content (AvgIpc) is 2.17. The summed E-state index contributed by atoms with van der Waals surface area (Å²) >= 11 is 0. The van der Waals surface area contributed by atoms with Crippen molar-refractivity contribution >= 4 is 0 Å². The van der Waals surface area contributed by atoms with Crippen molar-refractivity contribution in [2.75, 3.05) is 6.54 Å². The van der Waals surface area contributed by atoms with Crippen LogP contribution in [0.2, 0.25) is 0 Å². The highest BCUT2D eigenvalue weighted by Gasteiger charge is 2.02. The van der Waals surface area contributed by atoms with Crippen molar-refractivity contribution in [3.8, 4) is 0 Å². The van der Waals surface area contributed by atoms with Crippen LogP contribution in [0.25, 0.3) is 0 Å². The van der Waals surface area contributed by atoms with Gasteiger partial charge in [0.05, 0.1) is 0 Å². The Bertz CT molecular complexity index is 256. The van der Waals surface area contributed by atoms with E-state index in [2.05, 4.69) is 0 Å². The van der Waals surface area contributed by atoms with Crippen LogP contribution in [-0.4, -0.2) is 13.0 Å². The minimum Gasteiger partial charge on any atom is -0.330 e. The molecular formula is C11H15F2N. The van der Waals surface area contributed by atoms with Crippen LogP contribution < -0.4 is 5.73 Å². The lowest BCUT2D eigenvalue weighted by molar-refractivity contribution is 0.138. The molecule has 1 aromatic carbocycles. The van der Waals surface area contributed by atoms with Gasteiger partial charge in [0.25, 0.3) is 0 Å². The van der Waals surface area contributed by atoms with Crippen LogP contribution in [0.5, 0.6) is 0 Å². The first-order chi connectivity index (χ1) is 6.72. The molecular weight excluding hydrogens is 184 g/mol. The third kappa shape index (κ3) is 3.83. The molecule has 0 spiro atoms. The first kappa shape index (κ1) is 11.1. The molecule has 78 valence electrons. The second-order valence-corrected chi connectivity index (χ2v) is 3.28. The Morgan fingerprint density at radius 1 is 1.00 bits per heavy atom. The fourth-order valence-electron chi connectivity index (χ4n) is 1.32. The lowest BCUT2D eigenvalue weighted by Gasteiger charge is -2.02. The van der Waals surface area contributed by atoms with Crippen LogP contribution in [-0.2, 0) is 12.8 Å². The Labute approximate surface area is 82.9 Å². The van der Waals surface area contributed by atoms with E-state index in [9.17, 15) is 8.78 Å². The van der Waals surface area contributed by atoms with Crippen molar-refractivity contribution in [1.29, 1.82) is 0 Å². The van der Waals surface area contributed by atoms with Gasteiger partial charge in [0.15, 0.2) is 0 Å². The summed E-state index contributed by atoms with van der Waals surface area (Å²) in [5, 5.41) is 0. The SMILES string of the molecule is NCCc1ccc(CCC(F)F)cc1. The van der Waals surface area contributed by atoms with E-state index in [1.165, 1.54) is 0 Å². The van der Waals surface area contributed by atoms with Crippen molar-refractivity contribution in [2.24, 2.45) is 5.73 Å². The molecule has 0 fully saturated rings. The molecule has 1 aromatic rings. The summed E-state index contributed by atoms with van der Waals surface area (Å²) in [7, 11) is 0. The Balaban J connectivity index is 2.46. The standard InChI is InChI=1S/C11H15F2N/c12-11(13)6-5-9-1-3-10(4-2-9)7-8-14/h1-4,11H,5-8,14H2. The minimum absolute atomic E-state index is 0.0593. The van der Waals surface area contributed by atoms with Gasteiger partial charge in [0.2, 0.25) is 6.43 Å². The molecule has 0 saturated carbocycles. The van der Waals surface area contributed by atoms with E-state index in [0.717, 1.165) is 17.5 Å². The van der Waals surface area contributed by atoms with E-state index in [4.69, 9.17) is 5.73 Å². The summed E-state index contributed by atoms with van der Waals surface area (Å²) < 4.78 is 23.8. The zero-order valence-corrected chi connectivity index (χ0v) is 8.05. The summed E-state index contributed by atoms with van der Waals surface area (Å²) in [6.07, 6.45) is -0.981. The number of halogens is 2. The number of aryl methyl sites for hydroxylation is 1. The molecule has 0 aliphatic carbocycles. The van der Waals surface area contributed by atoms with Gasteiger partial charge in [-0.05, 0) is 30.5 Å². The topological polar surface area (TPSA) is 26.0 Å². The van der Waals surface area contributed by atoms with Crippen molar-refractivity contribution in [2.45, 2.75) is 25.7 Å². The van der Waals surface area contributed by atoms with E-state index in [1.54, 1.807) is 0 Å². The fraction of sp³-hybridized carbons (Fsp3) is 0.455. The van der Waals surface area contributed by atoms with Gasteiger partial charge < -0.3 is 5.73 Å². The van der Waals surface area contributed by atoms with E-state index < -0.39 is 6.43 Å². The van der Waals surface area contributed by atoms with Gasteiger partial charge in [0.1, 0.15) is 0 Å². The highest BCUT2D eigenvalue weighted by atomic mass is 19.3. The Hall–Kier alpha value is -0.960. The molecule has 0 bridgehead atoms. The Morgan fingerprint density at radius 2 is 1.50 bits per heavy atom. The Kier molecular flexibility index (Phi) is 4.53. The van der Waals surface area contributed by atoms with Crippen LogP contribution in [0.3, 0.4) is 0 Å². The van der Waals surface area contributed by atoms with Crippen LogP contribution >= 0.6 is 0 Å². The van der Waals surface area contributed by atoms with Gasteiger partial charge >= 0.3 is 0 Å². The Morgan fingerprint density at radius 3 is 1.93 bits per heavy atom. The number of hydrogen-bond acceptors (Lipinski definition) is 1. The summed E-state index contributed by atoms with van der Waals surface area (Å²) in [6, 6.07) is 7.70. The van der Waals surface area contributed by atoms with Gasteiger partial charge in [0, 0.05) is 6.42 Å². The molecule has 1 nitrogen and oxygen atoms in total. The molecule has 0 amide bonds. The van der Waals surface area contributed by atoms with Gasteiger partial charge in [-0.25, -0.2) is 8.78 Å². The van der Waals surface area contributed by atoms with E-state index in [1.807, 2.05) is 24.3 Å². The largest absolute Gasteiger partial charge is 0.330 e. The predicted molar refractivity (Wildman–Crippen MR) is 53.5 cm³/mol. The van der Waals surface area contributed by atoms with Crippen molar-refractivity contribution in [3.63, 3.8) is 0 Å². The molecule has 0 aliphatic rings. The predicted octanol–water partition coefficient (Wildman–Crippen LogP) is 2.39. The molecule has 0 aliphatic heterocycles. The minimum atomic E-state index is -2.21. The average molecular weight is 199 g/mol. The lowest BCUT2D eigenvalue weighted by Crippen LogP contribution is -2.02. The van der Waals surface area contributed by atoms with Gasteiger partial charge in [-0.15, -0.1) is 0 Å². The normalized spacial score (nSPS) is 10.9. The molecule has 0 heterocycles. The van der Waals surface area contributed by atoms with Crippen molar-refractivity contribution < 1.29 is 8.78 Å². The molecule has 2 N–H and O–H groups in total. The third-order valence-corrected chi connectivity index (χ3v) is 2.11. The molecule has 0 aromatic heterocycles. The van der Waals surface area contributed by atoms with Crippen molar-refractivity contribution in [1.82, 2.24) is 0 Å². The molecule has 14 heavy (non-hydrogen) atoms. The highest BCUT2D eigenvalue weighted by Crippen LogP contribution is 2.10. The second-order valence-electron chi connectivity index (χ2n) is 3.28. The van der Waals surface area contributed by atoms with Crippen LogP contribution in [0.4, 0.5) is 8.78 Å². The molecule has 3 heteroatoms.